The van der Waals surface area contributed by atoms with E-state index in [9.17, 15) is 4.79 Å². The number of ether oxygens (including phenoxy) is 1. The van der Waals surface area contributed by atoms with Crippen LogP contribution in [-0.4, -0.2) is 29.7 Å². The molecule has 0 aromatic heterocycles. The minimum Gasteiger partial charge on any atom is -0.441 e. The maximum absolute atomic E-state index is 11.9. The standard InChI is InChI=1S/C18H35NO2/c1-7-10-11-12-13-14-15-18(6,19(8-2)9-3)21-17(20)16(4)5/h4,7-15H2,1-3,5-6H3. The Kier molecular flexibility index (Phi) is 10.4. The second kappa shape index (κ2) is 10.8. The van der Waals surface area contributed by atoms with Gasteiger partial charge in [-0.05, 0) is 33.4 Å². The van der Waals surface area contributed by atoms with Crippen molar-refractivity contribution >= 4 is 5.97 Å². The van der Waals surface area contributed by atoms with Crippen molar-refractivity contribution in [2.75, 3.05) is 13.1 Å². The van der Waals surface area contributed by atoms with E-state index < -0.39 is 5.72 Å². The van der Waals surface area contributed by atoms with Crippen molar-refractivity contribution in [3.63, 3.8) is 0 Å². The Balaban J connectivity index is 4.51. The fourth-order valence-electron chi connectivity index (χ4n) is 2.69. The van der Waals surface area contributed by atoms with Crippen LogP contribution < -0.4 is 0 Å². The van der Waals surface area contributed by atoms with Crippen molar-refractivity contribution in [2.24, 2.45) is 0 Å². The van der Waals surface area contributed by atoms with E-state index in [1.807, 2.05) is 6.92 Å². The van der Waals surface area contributed by atoms with Gasteiger partial charge < -0.3 is 4.74 Å². The average molecular weight is 297 g/mol. The van der Waals surface area contributed by atoms with Crippen LogP contribution in [0.15, 0.2) is 12.2 Å². The first-order valence-corrected chi connectivity index (χ1v) is 8.55. The van der Waals surface area contributed by atoms with Crippen molar-refractivity contribution < 1.29 is 9.53 Å². The van der Waals surface area contributed by atoms with Gasteiger partial charge in [-0.2, -0.15) is 0 Å². The summed E-state index contributed by atoms with van der Waals surface area (Å²) in [7, 11) is 0. The summed E-state index contributed by atoms with van der Waals surface area (Å²) in [5.41, 5.74) is -0.0408. The van der Waals surface area contributed by atoms with Gasteiger partial charge in [-0.15, -0.1) is 0 Å². The number of hydrogen-bond donors (Lipinski definition) is 0. The van der Waals surface area contributed by atoms with Gasteiger partial charge in [0.15, 0.2) is 5.72 Å². The van der Waals surface area contributed by atoms with E-state index in [-0.39, 0.29) is 5.97 Å². The zero-order valence-electron chi connectivity index (χ0n) is 14.8. The Morgan fingerprint density at radius 3 is 2.05 bits per heavy atom. The molecule has 0 saturated heterocycles. The van der Waals surface area contributed by atoms with Gasteiger partial charge in [0, 0.05) is 12.0 Å². The lowest BCUT2D eigenvalue weighted by atomic mass is 10.0. The fourth-order valence-corrected chi connectivity index (χ4v) is 2.69. The molecule has 21 heavy (non-hydrogen) atoms. The van der Waals surface area contributed by atoms with E-state index in [2.05, 4.69) is 32.3 Å². The van der Waals surface area contributed by atoms with Gasteiger partial charge in [0.05, 0.1) is 0 Å². The highest BCUT2D eigenvalue weighted by atomic mass is 16.6. The third-order valence-corrected chi connectivity index (χ3v) is 4.09. The third-order valence-electron chi connectivity index (χ3n) is 4.09. The quantitative estimate of drug-likeness (QED) is 0.222. The van der Waals surface area contributed by atoms with Crippen LogP contribution in [0.1, 0.15) is 79.6 Å². The molecule has 0 rings (SSSR count). The molecule has 3 nitrogen and oxygen atoms in total. The number of nitrogens with zero attached hydrogens (tertiary/aromatic N) is 1. The van der Waals surface area contributed by atoms with E-state index in [4.69, 9.17) is 4.74 Å². The molecular weight excluding hydrogens is 262 g/mol. The molecule has 1 unspecified atom stereocenters. The van der Waals surface area contributed by atoms with Crippen LogP contribution in [0.2, 0.25) is 0 Å². The summed E-state index contributed by atoms with van der Waals surface area (Å²) in [5.74, 6) is -0.282. The van der Waals surface area contributed by atoms with Crippen LogP contribution in [0.25, 0.3) is 0 Å². The second-order valence-electron chi connectivity index (χ2n) is 6.03. The lowest BCUT2D eigenvalue weighted by molar-refractivity contribution is -0.177. The first kappa shape index (κ1) is 20.2. The van der Waals surface area contributed by atoms with E-state index in [1.165, 1.54) is 32.1 Å². The monoisotopic (exact) mass is 297 g/mol. The average Bonchev–Trinajstić information content (AvgIpc) is 2.43. The van der Waals surface area contributed by atoms with Crippen LogP contribution in [0, 0.1) is 0 Å². The summed E-state index contributed by atoms with van der Waals surface area (Å²) in [4.78, 5) is 14.1. The Hall–Kier alpha value is -0.830. The molecule has 0 radical (unpaired) electrons. The van der Waals surface area contributed by atoms with Gasteiger partial charge in [0.2, 0.25) is 0 Å². The van der Waals surface area contributed by atoms with E-state index in [0.717, 1.165) is 25.9 Å². The minimum absolute atomic E-state index is 0.282. The van der Waals surface area contributed by atoms with Crippen LogP contribution >= 0.6 is 0 Å². The molecule has 0 amide bonds. The normalized spacial score (nSPS) is 14.0. The molecule has 124 valence electrons. The highest BCUT2D eigenvalue weighted by Gasteiger charge is 2.33. The largest absolute Gasteiger partial charge is 0.441 e. The number of rotatable bonds is 12. The van der Waals surface area contributed by atoms with Crippen molar-refractivity contribution in [3.05, 3.63) is 12.2 Å². The molecule has 1 atom stereocenters. The molecule has 0 fully saturated rings. The first-order chi connectivity index (χ1) is 9.91. The zero-order valence-corrected chi connectivity index (χ0v) is 14.8. The summed E-state index contributed by atoms with van der Waals surface area (Å²) in [6.45, 7) is 15.6. The van der Waals surface area contributed by atoms with E-state index in [0.29, 0.717) is 5.57 Å². The molecule has 0 aliphatic heterocycles. The number of unbranched alkanes of at least 4 members (excludes halogenated alkanes) is 5. The molecule has 0 N–H and O–H groups in total. The Morgan fingerprint density at radius 1 is 1.05 bits per heavy atom. The number of carbonyl (C=O) groups is 1. The smallest absolute Gasteiger partial charge is 0.334 e. The maximum Gasteiger partial charge on any atom is 0.334 e. The van der Waals surface area contributed by atoms with Crippen molar-refractivity contribution in [3.8, 4) is 0 Å². The van der Waals surface area contributed by atoms with Crippen molar-refractivity contribution in [1.29, 1.82) is 0 Å². The van der Waals surface area contributed by atoms with Crippen LogP contribution in [0.3, 0.4) is 0 Å². The summed E-state index contributed by atoms with van der Waals surface area (Å²) in [5, 5.41) is 0. The van der Waals surface area contributed by atoms with Crippen LogP contribution in [-0.2, 0) is 9.53 Å². The third kappa shape index (κ3) is 7.66. The summed E-state index contributed by atoms with van der Waals surface area (Å²) >= 11 is 0. The number of hydrogen-bond acceptors (Lipinski definition) is 3. The molecule has 0 aromatic carbocycles. The summed E-state index contributed by atoms with van der Waals surface area (Å²) < 4.78 is 5.76. The van der Waals surface area contributed by atoms with Gasteiger partial charge in [0.25, 0.3) is 0 Å². The Labute approximate surface area is 131 Å². The molecule has 0 spiro atoms. The highest BCUT2D eigenvalue weighted by molar-refractivity contribution is 5.87. The number of carbonyl (C=O) groups excluding carboxylic acids is 1. The molecule has 0 bridgehead atoms. The maximum atomic E-state index is 11.9. The molecule has 0 aliphatic rings. The predicted octanol–water partition coefficient (Wildman–Crippen LogP) is 4.91. The fraction of sp³-hybridized carbons (Fsp3) is 0.833. The highest BCUT2D eigenvalue weighted by Crippen LogP contribution is 2.25. The van der Waals surface area contributed by atoms with Crippen molar-refractivity contribution in [2.45, 2.75) is 85.3 Å². The van der Waals surface area contributed by atoms with Crippen LogP contribution in [0.5, 0.6) is 0 Å². The lowest BCUT2D eigenvalue weighted by Crippen LogP contribution is -2.49. The molecule has 3 heteroatoms. The van der Waals surface area contributed by atoms with Gasteiger partial charge in [-0.3, -0.25) is 4.90 Å². The van der Waals surface area contributed by atoms with E-state index >= 15 is 0 Å². The molecular formula is C18H35NO2. The number of esters is 1. The van der Waals surface area contributed by atoms with Crippen LogP contribution in [0.4, 0.5) is 0 Å². The summed E-state index contributed by atoms with van der Waals surface area (Å²) in [6.07, 6.45) is 8.37. The Morgan fingerprint density at radius 2 is 1.57 bits per heavy atom. The molecule has 0 saturated carbocycles. The molecule has 0 heterocycles. The summed E-state index contributed by atoms with van der Waals surface area (Å²) in [6, 6.07) is 0. The first-order valence-electron chi connectivity index (χ1n) is 8.55. The minimum atomic E-state index is -0.510. The SMILES string of the molecule is C=C(C)C(=O)OC(C)(CCCCCCCC)N(CC)CC. The van der Waals surface area contributed by atoms with E-state index in [1.54, 1.807) is 6.92 Å². The Bertz CT molecular complexity index is 310. The molecule has 0 aliphatic carbocycles. The zero-order chi connectivity index (χ0) is 16.3. The van der Waals surface area contributed by atoms with Gasteiger partial charge in [-0.25, -0.2) is 4.79 Å². The van der Waals surface area contributed by atoms with Gasteiger partial charge in [0.1, 0.15) is 0 Å². The van der Waals surface area contributed by atoms with Gasteiger partial charge in [-0.1, -0.05) is 59.5 Å². The predicted molar refractivity (Wildman–Crippen MR) is 90.2 cm³/mol. The van der Waals surface area contributed by atoms with Crippen molar-refractivity contribution in [1.82, 2.24) is 4.90 Å². The second-order valence-corrected chi connectivity index (χ2v) is 6.03. The topological polar surface area (TPSA) is 29.5 Å². The lowest BCUT2D eigenvalue weighted by Gasteiger charge is -2.39. The van der Waals surface area contributed by atoms with Gasteiger partial charge >= 0.3 is 5.97 Å². The molecule has 0 aromatic rings.